The van der Waals surface area contributed by atoms with Crippen molar-refractivity contribution < 1.29 is 19.1 Å². The number of carbonyl (C=O) groups is 3. The second-order valence-corrected chi connectivity index (χ2v) is 8.10. The summed E-state index contributed by atoms with van der Waals surface area (Å²) >= 11 is 0. The van der Waals surface area contributed by atoms with Gasteiger partial charge in [-0.15, -0.1) is 0 Å². The third-order valence-corrected chi connectivity index (χ3v) is 5.79. The van der Waals surface area contributed by atoms with Gasteiger partial charge in [-0.1, -0.05) is 25.1 Å². The minimum absolute atomic E-state index is 0.00403. The molecule has 1 aromatic heterocycles. The molecule has 1 atom stereocenters. The van der Waals surface area contributed by atoms with Crippen LogP contribution in [0.4, 0.5) is 5.69 Å². The number of rotatable bonds is 6. The Morgan fingerprint density at radius 2 is 1.85 bits per heavy atom. The van der Waals surface area contributed by atoms with Crippen molar-refractivity contribution in [3.05, 3.63) is 69.6 Å². The number of aromatic nitrogens is 2. The summed E-state index contributed by atoms with van der Waals surface area (Å²) in [5.74, 6) is -1.15. The van der Waals surface area contributed by atoms with E-state index in [0.717, 1.165) is 11.3 Å². The van der Waals surface area contributed by atoms with Gasteiger partial charge in [-0.3, -0.25) is 14.4 Å². The van der Waals surface area contributed by atoms with Crippen molar-refractivity contribution in [1.29, 1.82) is 0 Å². The van der Waals surface area contributed by atoms with Crippen LogP contribution in [-0.4, -0.2) is 40.1 Å². The molecule has 0 bridgehead atoms. The van der Waals surface area contributed by atoms with Gasteiger partial charge in [-0.2, -0.15) is 5.10 Å². The molecule has 1 aliphatic heterocycles. The quantitative estimate of drug-likeness (QED) is 0.425. The Balaban J connectivity index is 1.59. The van der Waals surface area contributed by atoms with E-state index < -0.39 is 12.1 Å². The number of aryl methyl sites for hydroxylation is 1. The first-order valence-electron chi connectivity index (χ1n) is 11.0. The number of nitrogens with zero attached hydrogens (tertiary/aromatic N) is 3. The molecule has 0 fully saturated rings. The molecule has 0 unspecified atom stereocenters. The molecule has 2 heterocycles. The van der Waals surface area contributed by atoms with Crippen molar-refractivity contribution in [1.82, 2.24) is 9.78 Å². The number of amides is 1. The van der Waals surface area contributed by atoms with Crippen LogP contribution in [0.25, 0.3) is 10.8 Å². The van der Waals surface area contributed by atoms with E-state index in [-0.39, 0.29) is 22.9 Å². The second-order valence-electron chi connectivity index (χ2n) is 8.10. The number of carbonyl (C=O) groups excluding carboxylic acids is 3. The zero-order valence-corrected chi connectivity index (χ0v) is 18.8. The van der Waals surface area contributed by atoms with E-state index >= 15 is 0 Å². The fourth-order valence-electron chi connectivity index (χ4n) is 4.14. The molecule has 8 heteroatoms. The number of hydrogen-bond donors (Lipinski definition) is 0. The molecule has 4 rings (SSSR count). The summed E-state index contributed by atoms with van der Waals surface area (Å²) in [7, 11) is 0. The van der Waals surface area contributed by atoms with Gasteiger partial charge in [0.15, 0.2) is 11.8 Å². The van der Waals surface area contributed by atoms with Gasteiger partial charge in [0.25, 0.3) is 5.56 Å². The van der Waals surface area contributed by atoms with Crippen LogP contribution < -0.4 is 10.5 Å². The van der Waals surface area contributed by atoms with E-state index in [1.807, 2.05) is 6.92 Å². The molecule has 33 heavy (non-hydrogen) atoms. The number of ether oxygens (including phenoxy) is 1. The van der Waals surface area contributed by atoms with E-state index in [0.29, 0.717) is 42.3 Å². The molecule has 1 aliphatic rings. The summed E-state index contributed by atoms with van der Waals surface area (Å²) < 4.78 is 6.74. The third kappa shape index (κ3) is 4.16. The van der Waals surface area contributed by atoms with E-state index in [9.17, 15) is 19.2 Å². The minimum atomic E-state index is -1.05. The number of ketones is 1. The van der Waals surface area contributed by atoms with Crippen LogP contribution in [0.5, 0.6) is 0 Å². The van der Waals surface area contributed by atoms with Gasteiger partial charge in [0.05, 0.1) is 5.39 Å². The molecule has 0 N–H and O–H groups in total. The summed E-state index contributed by atoms with van der Waals surface area (Å²) in [4.78, 5) is 52.0. The average Bonchev–Trinajstić information content (AvgIpc) is 3.24. The Labute approximate surface area is 190 Å². The van der Waals surface area contributed by atoms with Crippen molar-refractivity contribution >= 4 is 34.1 Å². The van der Waals surface area contributed by atoms with Crippen LogP contribution >= 0.6 is 0 Å². The lowest BCUT2D eigenvalue weighted by molar-refractivity contribution is -0.116. The number of benzene rings is 2. The number of esters is 1. The summed E-state index contributed by atoms with van der Waals surface area (Å²) in [5, 5.41) is 4.99. The van der Waals surface area contributed by atoms with E-state index in [1.165, 1.54) is 18.5 Å². The molecule has 0 spiro atoms. The highest BCUT2D eigenvalue weighted by Gasteiger charge is 2.27. The topological polar surface area (TPSA) is 98.6 Å². The molecular formula is C25H25N3O5. The standard InChI is InChI=1S/C25H25N3O5/c1-4-12-28-24(31)20-8-6-5-7-19(20)22(26-28)25(32)33-15(2)23(30)18-9-10-21-17(14-18)11-13-27(21)16(3)29/h5-10,14-15H,4,11-13H2,1-3H3/t15-/m1/s1. The van der Waals surface area contributed by atoms with Crippen molar-refractivity contribution in [2.75, 3.05) is 11.4 Å². The molecule has 3 aromatic rings. The average molecular weight is 447 g/mol. The molecule has 0 saturated carbocycles. The lowest BCUT2D eigenvalue weighted by Crippen LogP contribution is -2.29. The molecule has 0 aliphatic carbocycles. The normalized spacial score (nSPS) is 13.6. The number of anilines is 1. The van der Waals surface area contributed by atoms with Gasteiger partial charge in [-0.05, 0) is 49.6 Å². The van der Waals surface area contributed by atoms with Crippen LogP contribution in [0.1, 0.15) is 53.6 Å². The molecule has 170 valence electrons. The van der Waals surface area contributed by atoms with Gasteiger partial charge in [0, 0.05) is 36.7 Å². The molecular weight excluding hydrogens is 422 g/mol. The highest BCUT2D eigenvalue weighted by atomic mass is 16.5. The zero-order valence-electron chi connectivity index (χ0n) is 18.8. The van der Waals surface area contributed by atoms with Crippen molar-refractivity contribution in [3.8, 4) is 0 Å². The fraction of sp³-hybridized carbons (Fsp3) is 0.320. The third-order valence-electron chi connectivity index (χ3n) is 5.79. The smallest absolute Gasteiger partial charge is 0.360 e. The van der Waals surface area contributed by atoms with Crippen LogP contribution in [-0.2, 0) is 22.5 Å². The molecule has 0 saturated heterocycles. The van der Waals surface area contributed by atoms with Gasteiger partial charge < -0.3 is 9.64 Å². The van der Waals surface area contributed by atoms with E-state index in [1.54, 1.807) is 47.4 Å². The SMILES string of the molecule is CCCn1nc(C(=O)O[C@H](C)C(=O)c2ccc3c(c2)CCN3C(C)=O)c2ccccc2c1=O. The van der Waals surface area contributed by atoms with Gasteiger partial charge in [-0.25, -0.2) is 9.48 Å². The maximum absolute atomic E-state index is 13.0. The maximum atomic E-state index is 13.0. The Kier molecular flexibility index (Phi) is 6.09. The highest BCUT2D eigenvalue weighted by molar-refractivity contribution is 6.05. The predicted octanol–water partition coefficient (Wildman–Crippen LogP) is 3.14. The van der Waals surface area contributed by atoms with Gasteiger partial charge in [0.1, 0.15) is 0 Å². The number of fused-ring (bicyclic) bond motifs is 2. The Hall–Kier alpha value is -3.81. The second kappa shape index (κ2) is 8.97. The summed E-state index contributed by atoms with van der Waals surface area (Å²) in [6.45, 7) is 5.88. The Bertz CT molecular complexity index is 1330. The van der Waals surface area contributed by atoms with Crippen LogP contribution in [0.3, 0.4) is 0 Å². The largest absolute Gasteiger partial charge is 0.449 e. The first kappa shape index (κ1) is 22.4. The number of hydrogen-bond acceptors (Lipinski definition) is 6. The Morgan fingerprint density at radius 3 is 2.55 bits per heavy atom. The summed E-state index contributed by atoms with van der Waals surface area (Å²) in [6, 6.07) is 11.9. The highest BCUT2D eigenvalue weighted by Crippen LogP contribution is 2.29. The van der Waals surface area contributed by atoms with E-state index in [4.69, 9.17) is 4.74 Å². The molecule has 8 nitrogen and oxygen atoms in total. The minimum Gasteiger partial charge on any atom is -0.449 e. The van der Waals surface area contributed by atoms with Crippen LogP contribution in [0, 0.1) is 0 Å². The zero-order chi connectivity index (χ0) is 23.7. The fourth-order valence-corrected chi connectivity index (χ4v) is 4.14. The molecule has 1 amide bonds. The van der Waals surface area contributed by atoms with Crippen LogP contribution in [0.15, 0.2) is 47.3 Å². The van der Waals surface area contributed by atoms with E-state index in [2.05, 4.69) is 5.10 Å². The van der Waals surface area contributed by atoms with Crippen molar-refractivity contribution in [2.45, 2.75) is 46.3 Å². The summed E-state index contributed by atoms with van der Waals surface area (Å²) in [6.07, 6.45) is 0.292. The predicted molar refractivity (Wildman–Crippen MR) is 124 cm³/mol. The summed E-state index contributed by atoms with van der Waals surface area (Å²) in [5.41, 5.74) is 1.86. The first-order valence-corrected chi connectivity index (χ1v) is 11.0. The maximum Gasteiger partial charge on any atom is 0.360 e. The lowest BCUT2D eigenvalue weighted by Gasteiger charge is -2.16. The lowest BCUT2D eigenvalue weighted by atomic mass is 10.0. The van der Waals surface area contributed by atoms with Crippen LogP contribution in [0.2, 0.25) is 0 Å². The van der Waals surface area contributed by atoms with Gasteiger partial charge in [0.2, 0.25) is 11.7 Å². The van der Waals surface area contributed by atoms with Crippen molar-refractivity contribution in [3.63, 3.8) is 0 Å². The molecule has 2 aromatic carbocycles. The first-order chi connectivity index (χ1) is 15.8. The Morgan fingerprint density at radius 1 is 1.12 bits per heavy atom. The van der Waals surface area contributed by atoms with Gasteiger partial charge >= 0.3 is 5.97 Å². The number of Topliss-reactive ketones (excluding diaryl/α,β-unsaturated/α-hetero) is 1. The van der Waals surface area contributed by atoms with Crippen molar-refractivity contribution in [2.24, 2.45) is 0 Å². The monoisotopic (exact) mass is 447 g/mol. The molecule has 0 radical (unpaired) electrons.